The SMILES string of the molecule is Cc1nccn1-c1ccc([C@H](C)NCc2nc3ccccc3o2)cc1. The van der Waals surface area contributed by atoms with Crippen LogP contribution >= 0.6 is 0 Å². The van der Waals surface area contributed by atoms with Crippen LogP contribution in [0.5, 0.6) is 0 Å². The van der Waals surface area contributed by atoms with Crippen molar-refractivity contribution < 1.29 is 4.42 Å². The molecule has 0 bridgehead atoms. The summed E-state index contributed by atoms with van der Waals surface area (Å²) in [4.78, 5) is 8.76. The van der Waals surface area contributed by atoms with Crippen LogP contribution in [0.25, 0.3) is 16.8 Å². The van der Waals surface area contributed by atoms with Crippen LogP contribution in [0.1, 0.15) is 30.2 Å². The van der Waals surface area contributed by atoms with E-state index in [-0.39, 0.29) is 6.04 Å². The number of nitrogens with one attached hydrogen (secondary N) is 1. The van der Waals surface area contributed by atoms with Gasteiger partial charge in [-0.2, -0.15) is 0 Å². The summed E-state index contributed by atoms with van der Waals surface area (Å²) in [6.07, 6.45) is 3.78. The van der Waals surface area contributed by atoms with Crippen LogP contribution in [0.2, 0.25) is 0 Å². The van der Waals surface area contributed by atoms with E-state index in [2.05, 4.69) is 51.0 Å². The monoisotopic (exact) mass is 332 g/mol. The number of aryl methyl sites for hydroxylation is 1. The first-order chi connectivity index (χ1) is 12.2. The Kier molecular flexibility index (Phi) is 4.07. The summed E-state index contributed by atoms with van der Waals surface area (Å²) in [5.74, 6) is 1.69. The number of para-hydroxylation sites is 2. The van der Waals surface area contributed by atoms with E-state index in [1.165, 1.54) is 5.56 Å². The molecule has 1 N–H and O–H groups in total. The molecule has 2 aromatic heterocycles. The molecule has 126 valence electrons. The third kappa shape index (κ3) is 3.19. The lowest BCUT2D eigenvalue weighted by molar-refractivity contribution is 0.467. The zero-order valence-electron chi connectivity index (χ0n) is 14.3. The maximum Gasteiger partial charge on any atom is 0.209 e. The van der Waals surface area contributed by atoms with Crippen LogP contribution in [0.3, 0.4) is 0 Å². The minimum absolute atomic E-state index is 0.202. The van der Waals surface area contributed by atoms with E-state index in [1.54, 1.807) is 0 Å². The average molecular weight is 332 g/mol. The summed E-state index contributed by atoms with van der Waals surface area (Å²) in [5.41, 5.74) is 4.06. The molecular formula is C20H20N4O. The zero-order chi connectivity index (χ0) is 17.2. The van der Waals surface area contributed by atoms with Gasteiger partial charge in [0.2, 0.25) is 5.89 Å². The summed E-state index contributed by atoms with van der Waals surface area (Å²) < 4.78 is 7.82. The maximum absolute atomic E-state index is 5.75. The normalized spacial score (nSPS) is 12.6. The zero-order valence-corrected chi connectivity index (χ0v) is 14.3. The number of imidazole rings is 1. The second-order valence-electron chi connectivity index (χ2n) is 6.11. The van der Waals surface area contributed by atoms with E-state index in [0.717, 1.165) is 22.6 Å². The van der Waals surface area contributed by atoms with Crippen molar-refractivity contribution in [2.24, 2.45) is 0 Å². The highest BCUT2D eigenvalue weighted by Crippen LogP contribution is 2.18. The number of aromatic nitrogens is 3. The van der Waals surface area contributed by atoms with Crippen molar-refractivity contribution in [3.63, 3.8) is 0 Å². The Bertz CT molecular complexity index is 951. The molecule has 1 atom stereocenters. The van der Waals surface area contributed by atoms with Gasteiger partial charge in [-0.15, -0.1) is 0 Å². The van der Waals surface area contributed by atoms with Crippen molar-refractivity contribution >= 4 is 11.1 Å². The van der Waals surface area contributed by atoms with Crippen molar-refractivity contribution in [2.45, 2.75) is 26.4 Å². The molecule has 5 heteroatoms. The molecule has 2 aromatic carbocycles. The minimum Gasteiger partial charge on any atom is -0.439 e. The van der Waals surface area contributed by atoms with E-state index in [1.807, 2.05) is 43.6 Å². The molecule has 5 nitrogen and oxygen atoms in total. The standard InChI is InChI=1S/C20H20N4O/c1-14(22-13-20-23-18-5-3-4-6-19(18)25-20)16-7-9-17(10-8-16)24-12-11-21-15(24)2/h3-12,14,22H,13H2,1-2H3/t14-/m0/s1. The highest BCUT2D eigenvalue weighted by Gasteiger charge is 2.09. The minimum atomic E-state index is 0.202. The quantitative estimate of drug-likeness (QED) is 0.596. The maximum atomic E-state index is 5.75. The van der Waals surface area contributed by atoms with Crippen LogP contribution in [-0.2, 0) is 6.54 Å². The highest BCUT2D eigenvalue weighted by molar-refractivity contribution is 5.72. The van der Waals surface area contributed by atoms with Gasteiger partial charge in [-0.05, 0) is 43.7 Å². The lowest BCUT2D eigenvalue weighted by Crippen LogP contribution is -2.18. The molecular weight excluding hydrogens is 312 g/mol. The van der Waals surface area contributed by atoms with Gasteiger partial charge in [0, 0.05) is 24.1 Å². The van der Waals surface area contributed by atoms with Crippen LogP contribution in [0, 0.1) is 6.92 Å². The van der Waals surface area contributed by atoms with Crippen LogP contribution in [-0.4, -0.2) is 14.5 Å². The summed E-state index contributed by atoms with van der Waals surface area (Å²) in [7, 11) is 0. The van der Waals surface area contributed by atoms with Crippen LogP contribution < -0.4 is 5.32 Å². The Balaban J connectivity index is 1.44. The topological polar surface area (TPSA) is 55.9 Å². The summed E-state index contributed by atoms with van der Waals surface area (Å²) in [5, 5.41) is 3.47. The van der Waals surface area contributed by atoms with Gasteiger partial charge in [-0.25, -0.2) is 9.97 Å². The number of hydrogen-bond donors (Lipinski definition) is 1. The molecule has 2 heterocycles. The van der Waals surface area contributed by atoms with Crippen LogP contribution in [0.15, 0.2) is 65.3 Å². The van der Waals surface area contributed by atoms with Crippen molar-refractivity contribution in [3.05, 3.63) is 78.2 Å². The molecule has 0 saturated carbocycles. The van der Waals surface area contributed by atoms with E-state index in [4.69, 9.17) is 4.42 Å². The Morgan fingerprint density at radius 3 is 2.64 bits per heavy atom. The van der Waals surface area contributed by atoms with Gasteiger partial charge in [-0.3, -0.25) is 0 Å². The number of hydrogen-bond acceptors (Lipinski definition) is 4. The molecule has 0 aliphatic heterocycles. The smallest absolute Gasteiger partial charge is 0.209 e. The Labute approximate surface area is 146 Å². The molecule has 0 saturated heterocycles. The largest absolute Gasteiger partial charge is 0.439 e. The van der Waals surface area contributed by atoms with Gasteiger partial charge < -0.3 is 14.3 Å². The van der Waals surface area contributed by atoms with E-state index in [9.17, 15) is 0 Å². The van der Waals surface area contributed by atoms with E-state index < -0.39 is 0 Å². The highest BCUT2D eigenvalue weighted by atomic mass is 16.3. The Morgan fingerprint density at radius 1 is 1.12 bits per heavy atom. The molecule has 0 spiro atoms. The molecule has 0 fully saturated rings. The second kappa shape index (κ2) is 6.53. The van der Waals surface area contributed by atoms with Crippen molar-refractivity contribution in [1.82, 2.24) is 19.9 Å². The van der Waals surface area contributed by atoms with Crippen molar-refractivity contribution in [3.8, 4) is 5.69 Å². The predicted molar refractivity (Wildman–Crippen MR) is 97.6 cm³/mol. The fourth-order valence-electron chi connectivity index (χ4n) is 2.93. The molecule has 0 radical (unpaired) electrons. The third-order valence-electron chi connectivity index (χ3n) is 4.39. The lowest BCUT2D eigenvalue weighted by atomic mass is 10.1. The number of benzene rings is 2. The van der Waals surface area contributed by atoms with Gasteiger partial charge in [0.05, 0.1) is 6.54 Å². The Hall–Kier alpha value is -2.92. The first kappa shape index (κ1) is 15.6. The number of fused-ring (bicyclic) bond motifs is 1. The molecule has 0 amide bonds. The molecule has 0 unspecified atom stereocenters. The Morgan fingerprint density at radius 2 is 1.92 bits per heavy atom. The predicted octanol–water partition coefficient (Wildman–Crippen LogP) is 4.17. The van der Waals surface area contributed by atoms with Gasteiger partial charge in [0.25, 0.3) is 0 Å². The fraction of sp³-hybridized carbons (Fsp3) is 0.200. The van der Waals surface area contributed by atoms with Gasteiger partial charge >= 0.3 is 0 Å². The molecule has 0 aliphatic carbocycles. The van der Waals surface area contributed by atoms with Gasteiger partial charge in [-0.1, -0.05) is 24.3 Å². The molecule has 25 heavy (non-hydrogen) atoms. The van der Waals surface area contributed by atoms with E-state index >= 15 is 0 Å². The van der Waals surface area contributed by atoms with E-state index in [0.29, 0.717) is 12.4 Å². The summed E-state index contributed by atoms with van der Waals surface area (Å²) >= 11 is 0. The number of rotatable bonds is 5. The van der Waals surface area contributed by atoms with Gasteiger partial charge in [0.15, 0.2) is 5.58 Å². The van der Waals surface area contributed by atoms with Crippen molar-refractivity contribution in [1.29, 1.82) is 0 Å². The molecule has 0 aliphatic rings. The molecule has 4 rings (SSSR count). The number of nitrogens with zero attached hydrogens (tertiary/aromatic N) is 3. The second-order valence-corrected chi connectivity index (χ2v) is 6.11. The first-order valence-corrected chi connectivity index (χ1v) is 8.39. The lowest BCUT2D eigenvalue weighted by Gasteiger charge is -2.14. The van der Waals surface area contributed by atoms with Crippen LogP contribution in [0.4, 0.5) is 0 Å². The number of oxazole rings is 1. The molecule has 4 aromatic rings. The third-order valence-corrected chi connectivity index (χ3v) is 4.39. The summed E-state index contributed by atoms with van der Waals surface area (Å²) in [6, 6.07) is 16.5. The first-order valence-electron chi connectivity index (χ1n) is 8.39. The van der Waals surface area contributed by atoms with Crippen molar-refractivity contribution in [2.75, 3.05) is 0 Å². The fourth-order valence-corrected chi connectivity index (χ4v) is 2.93. The summed E-state index contributed by atoms with van der Waals surface area (Å²) in [6.45, 7) is 4.73. The average Bonchev–Trinajstić information content (AvgIpc) is 3.25. The van der Waals surface area contributed by atoms with Gasteiger partial charge in [0.1, 0.15) is 11.3 Å².